The molecule has 2 atom stereocenters. The fourth-order valence-electron chi connectivity index (χ4n) is 6.00. The molecule has 184 valence electrons. The number of pyridine rings is 1. The Bertz CT molecular complexity index is 1340. The van der Waals surface area contributed by atoms with Crippen LogP contribution in [0.1, 0.15) is 30.4 Å². The first-order valence-corrected chi connectivity index (χ1v) is 12.9. The van der Waals surface area contributed by atoms with E-state index in [0.717, 1.165) is 53.9 Å². The van der Waals surface area contributed by atoms with Gasteiger partial charge >= 0.3 is 0 Å². The molecule has 1 aromatic heterocycles. The minimum atomic E-state index is 0.426. The molecule has 1 aliphatic carbocycles. The van der Waals surface area contributed by atoms with Gasteiger partial charge in [0.2, 0.25) is 0 Å². The zero-order chi connectivity index (χ0) is 24.6. The number of methoxy groups -OCH3 is 1. The molecule has 1 saturated carbocycles. The topological polar surface area (TPSA) is 67.6 Å². The zero-order valence-electron chi connectivity index (χ0n) is 20.3. The molecule has 7 heteroatoms. The normalized spacial score (nSPS) is 20.7. The van der Waals surface area contributed by atoms with Crippen molar-refractivity contribution in [2.75, 3.05) is 33.4 Å². The van der Waals surface area contributed by atoms with Crippen molar-refractivity contribution in [3.8, 4) is 45.7 Å². The molecule has 2 aromatic carbocycles. The zero-order valence-corrected chi connectivity index (χ0v) is 21.1. The van der Waals surface area contributed by atoms with E-state index in [1.54, 1.807) is 7.11 Å². The van der Waals surface area contributed by atoms with Gasteiger partial charge in [-0.2, -0.15) is 5.26 Å². The van der Waals surface area contributed by atoms with Crippen LogP contribution in [0.4, 0.5) is 0 Å². The van der Waals surface area contributed by atoms with Crippen molar-refractivity contribution in [2.45, 2.75) is 25.8 Å². The summed E-state index contributed by atoms with van der Waals surface area (Å²) in [4.78, 5) is 7.22. The minimum Gasteiger partial charge on any atom is -0.496 e. The van der Waals surface area contributed by atoms with Gasteiger partial charge in [-0.1, -0.05) is 42.3 Å². The van der Waals surface area contributed by atoms with Gasteiger partial charge in [0.15, 0.2) is 11.5 Å². The molecule has 2 fully saturated rings. The highest BCUT2D eigenvalue weighted by Crippen LogP contribution is 2.41. The molecule has 6 nitrogen and oxygen atoms in total. The van der Waals surface area contributed by atoms with Crippen LogP contribution in [0, 0.1) is 23.2 Å². The van der Waals surface area contributed by atoms with Gasteiger partial charge in [-0.05, 0) is 42.4 Å². The van der Waals surface area contributed by atoms with Gasteiger partial charge < -0.3 is 14.2 Å². The maximum absolute atomic E-state index is 10.2. The Morgan fingerprint density at radius 2 is 1.81 bits per heavy atom. The summed E-state index contributed by atoms with van der Waals surface area (Å²) in [5, 5.41) is 10.6. The predicted molar refractivity (Wildman–Crippen MR) is 138 cm³/mol. The number of nitriles is 1. The van der Waals surface area contributed by atoms with Crippen molar-refractivity contribution in [1.29, 1.82) is 5.26 Å². The highest BCUT2D eigenvalue weighted by atomic mass is 35.5. The molecule has 0 radical (unpaired) electrons. The first kappa shape index (κ1) is 23.1. The number of nitrogens with zero attached hydrogens (tertiary/aromatic N) is 3. The monoisotopic (exact) mass is 501 g/mol. The number of benzene rings is 2. The number of fused-ring (bicyclic) bond motifs is 2. The van der Waals surface area contributed by atoms with Gasteiger partial charge in [0, 0.05) is 42.4 Å². The van der Waals surface area contributed by atoms with Crippen molar-refractivity contribution >= 4 is 11.6 Å². The van der Waals surface area contributed by atoms with Crippen LogP contribution in [0.3, 0.4) is 0 Å². The number of rotatable bonds is 5. The van der Waals surface area contributed by atoms with E-state index in [-0.39, 0.29) is 0 Å². The van der Waals surface area contributed by atoms with Gasteiger partial charge in [0.05, 0.1) is 18.4 Å². The number of likely N-dealkylation sites (tertiary alicyclic amines) is 1. The number of halogens is 1. The third-order valence-corrected chi connectivity index (χ3v) is 8.05. The summed E-state index contributed by atoms with van der Waals surface area (Å²) in [6.07, 6.45) is 4.02. The van der Waals surface area contributed by atoms with E-state index in [1.165, 1.54) is 19.3 Å². The Balaban J connectivity index is 1.35. The standard InChI is InChI=1S/C29H28ClN3O3/c1-34-27-13-25(32-29(30)24(27)17-33-15-19-4-2-5-20(19)16-33)22-7-3-6-21(23(22)14-31)18-8-9-26-28(12-18)36-11-10-35-26/h3,6-9,12-13,19-20H,2,4-5,10-11,15-17H2,1H3. The van der Waals surface area contributed by atoms with E-state index in [1.807, 2.05) is 42.5 Å². The molecule has 1 saturated heterocycles. The smallest absolute Gasteiger partial charge is 0.161 e. The fourth-order valence-corrected chi connectivity index (χ4v) is 6.25. The van der Waals surface area contributed by atoms with Crippen molar-refractivity contribution in [3.63, 3.8) is 0 Å². The largest absolute Gasteiger partial charge is 0.496 e. The highest BCUT2D eigenvalue weighted by molar-refractivity contribution is 6.30. The van der Waals surface area contributed by atoms with Gasteiger partial charge in [0.1, 0.15) is 30.2 Å². The molecule has 3 heterocycles. The van der Waals surface area contributed by atoms with Crippen LogP contribution in [0.25, 0.3) is 22.4 Å². The molecule has 0 N–H and O–H groups in total. The maximum Gasteiger partial charge on any atom is 0.161 e. The van der Waals surface area contributed by atoms with Crippen LogP contribution >= 0.6 is 11.6 Å². The number of hydrogen-bond acceptors (Lipinski definition) is 6. The quantitative estimate of drug-likeness (QED) is 0.402. The minimum absolute atomic E-state index is 0.426. The molecule has 3 aliphatic rings. The summed E-state index contributed by atoms with van der Waals surface area (Å²) in [6, 6.07) is 15.8. The lowest BCUT2D eigenvalue weighted by Crippen LogP contribution is -2.22. The number of aromatic nitrogens is 1. The van der Waals surface area contributed by atoms with Crippen LogP contribution in [0.5, 0.6) is 17.2 Å². The molecular weight excluding hydrogens is 474 g/mol. The van der Waals surface area contributed by atoms with Gasteiger partial charge in [-0.3, -0.25) is 4.90 Å². The highest BCUT2D eigenvalue weighted by Gasteiger charge is 2.36. The van der Waals surface area contributed by atoms with Crippen molar-refractivity contribution in [3.05, 3.63) is 58.7 Å². The second-order valence-electron chi connectivity index (χ2n) is 9.82. The summed E-state index contributed by atoms with van der Waals surface area (Å²) in [6.45, 7) is 4.00. The summed E-state index contributed by atoms with van der Waals surface area (Å²) >= 11 is 6.76. The van der Waals surface area contributed by atoms with E-state index in [0.29, 0.717) is 46.7 Å². The van der Waals surface area contributed by atoms with E-state index in [2.05, 4.69) is 11.0 Å². The molecule has 0 bridgehead atoms. The number of hydrogen-bond donors (Lipinski definition) is 0. The number of ether oxygens (including phenoxy) is 3. The third kappa shape index (κ3) is 4.17. The Hall–Kier alpha value is -3.27. The van der Waals surface area contributed by atoms with Crippen LogP contribution in [0.2, 0.25) is 5.15 Å². The molecule has 6 rings (SSSR count). The molecule has 2 unspecified atom stereocenters. The van der Waals surface area contributed by atoms with Crippen LogP contribution in [-0.4, -0.2) is 43.3 Å². The van der Waals surface area contributed by atoms with Gasteiger partial charge in [-0.25, -0.2) is 4.98 Å². The van der Waals surface area contributed by atoms with Crippen LogP contribution < -0.4 is 14.2 Å². The summed E-state index contributed by atoms with van der Waals surface area (Å²) in [5.74, 6) is 3.73. The molecule has 2 aliphatic heterocycles. The van der Waals surface area contributed by atoms with Crippen molar-refractivity contribution < 1.29 is 14.2 Å². The fraction of sp³-hybridized carbons (Fsp3) is 0.379. The Morgan fingerprint density at radius 3 is 2.56 bits per heavy atom. The van der Waals surface area contributed by atoms with Gasteiger partial charge in [-0.15, -0.1) is 0 Å². The molecule has 0 spiro atoms. The SMILES string of the molecule is COc1cc(-c2cccc(-c3ccc4c(c3)OCCO4)c2C#N)nc(Cl)c1CN1CC2CCCC2C1. The lowest BCUT2D eigenvalue weighted by atomic mass is 9.94. The Kier molecular flexibility index (Phi) is 6.20. The van der Waals surface area contributed by atoms with Gasteiger partial charge in [0.25, 0.3) is 0 Å². The van der Waals surface area contributed by atoms with Crippen LogP contribution in [-0.2, 0) is 6.54 Å². The second kappa shape index (κ2) is 9.65. The lowest BCUT2D eigenvalue weighted by Gasteiger charge is -2.20. The summed E-state index contributed by atoms with van der Waals surface area (Å²) in [7, 11) is 1.66. The van der Waals surface area contributed by atoms with Crippen molar-refractivity contribution in [2.24, 2.45) is 11.8 Å². The Labute approximate surface area is 216 Å². The van der Waals surface area contributed by atoms with E-state index in [4.69, 9.17) is 30.8 Å². The van der Waals surface area contributed by atoms with E-state index >= 15 is 0 Å². The molecule has 3 aromatic rings. The maximum atomic E-state index is 10.2. The lowest BCUT2D eigenvalue weighted by molar-refractivity contribution is 0.171. The summed E-state index contributed by atoms with van der Waals surface area (Å²) < 4.78 is 17.2. The molecular formula is C29H28ClN3O3. The second-order valence-corrected chi connectivity index (χ2v) is 10.2. The first-order chi connectivity index (χ1) is 17.6. The predicted octanol–water partition coefficient (Wildman–Crippen LogP) is 5.95. The summed E-state index contributed by atoms with van der Waals surface area (Å²) in [5.41, 5.74) is 4.45. The average molecular weight is 502 g/mol. The molecule has 36 heavy (non-hydrogen) atoms. The average Bonchev–Trinajstić information content (AvgIpc) is 3.51. The third-order valence-electron chi connectivity index (χ3n) is 7.74. The van der Waals surface area contributed by atoms with E-state index in [9.17, 15) is 5.26 Å². The van der Waals surface area contributed by atoms with Crippen LogP contribution in [0.15, 0.2) is 42.5 Å². The van der Waals surface area contributed by atoms with Crippen molar-refractivity contribution in [1.82, 2.24) is 9.88 Å². The molecule has 0 amide bonds. The Morgan fingerprint density at radius 1 is 1.06 bits per heavy atom. The first-order valence-electron chi connectivity index (χ1n) is 12.5. The van der Waals surface area contributed by atoms with E-state index < -0.39 is 0 Å².